The maximum Gasteiger partial charge on any atom is 0.126 e. The summed E-state index contributed by atoms with van der Waals surface area (Å²) < 4.78 is 10.9. The molecule has 0 aliphatic carbocycles. The lowest BCUT2D eigenvalue weighted by atomic mass is 10.1. The Balaban J connectivity index is 2.73. The van der Waals surface area contributed by atoms with Gasteiger partial charge < -0.3 is 15.2 Å². The van der Waals surface area contributed by atoms with E-state index in [2.05, 4.69) is 6.07 Å². The highest BCUT2D eigenvalue weighted by Crippen LogP contribution is 2.26. The molecule has 18 heavy (non-hydrogen) atoms. The number of nitrogens with two attached hydrogens (primary N) is 1. The zero-order valence-electron chi connectivity index (χ0n) is 11.0. The van der Waals surface area contributed by atoms with Crippen LogP contribution in [0.4, 0.5) is 0 Å². The van der Waals surface area contributed by atoms with Crippen LogP contribution in [0.5, 0.6) is 11.5 Å². The zero-order chi connectivity index (χ0) is 13.4. The molecule has 0 fully saturated rings. The van der Waals surface area contributed by atoms with Gasteiger partial charge in [-0.1, -0.05) is 6.07 Å². The van der Waals surface area contributed by atoms with Crippen LogP contribution in [0.1, 0.15) is 25.3 Å². The summed E-state index contributed by atoms with van der Waals surface area (Å²) in [5.74, 6) is 1.56. The Morgan fingerprint density at radius 1 is 1.44 bits per heavy atom. The van der Waals surface area contributed by atoms with E-state index in [-0.39, 0.29) is 6.04 Å². The molecule has 0 bridgehead atoms. The highest BCUT2D eigenvalue weighted by Gasteiger charge is 2.08. The second kappa shape index (κ2) is 7.57. The number of ether oxygens (including phenoxy) is 2. The van der Waals surface area contributed by atoms with Crippen LogP contribution in [-0.4, -0.2) is 19.8 Å². The summed E-state index contributed by atoms with van der Waals surface area (Å²) in [5.41, 5.74) is 6.88. The molecule has 0 aliphatic heterocycles. The highest BCUT2D eigenvalue weighted by molar-refractivity contribution is 5.41. The molecule has 1 aromatic rings. The fourth-order valence-electron chi connectivity index (χ4n) is 1.65. The Labute approximate surface area is 108 Å². The minimum absolute atomic E-state index is 0.0832. The average molecular weight is 248 g/mol. The van der Waals surface area contributed by atoms with Gasteiger partial charge in [0.1, 0.15) is 11.5 Å². The number of hydrogen-bond acceptors (Lipinski definition) is 4. The first-order valence-electron chi connectivity index (χ1n) is 6.09. The van der Waals surface area contributed by atoms with Crippen molar-refractivity contribution in [1.29, 1.82) is 5.26 Å². The number of nitrogens with zero attached hydrogens (tertiary/aromatic N) is 1. The van der Waals surface area contributed by atoms with Gasteiger partial charge in [-0.15, -0.1) is 0 Å². The van der Waals surface area contributed by atoms with Crippen molar-refractivity contribution in [2.45, 2.75) is 32.2 Å². The first-order chi connectivity index (χ1) is 8.67. The van der Waals surface area contributed by atoms with Crippen molar-refractivity contribution in [3.05, 3.63) is 23.8 Å². The van der Waals surface area contributed by atoms with E-state index in [1.807, 2.05) is 25.1 Å². The summed E-state index contributed by atoms with van der Waals surface area (Å²) in [6.45, 7) is 2.50. The number of unbranched alkanes of at least 4 members (excludes halogenated alkanes) is 1. The van der Waals surface area contributed by atoms with Crippen LogP contribution in [0.3, 0.4) is 0 Å². The van der Waals surface area contributed by atoms with Crippen LogP contribution in [0, 0.1) is 11.3 Å². The van der Waals surface area contributed by atoms with E-state index in [1.165, 1.54) is 0 Å². The van der Waals surface area contributed by atoms with E-state index in [0.29, 0.717) is 13.0 Å². The molecule has 0 spiro atoms. The highest BCUT2D eigenvalue weighted by atomic mass is 16.5. The topological polar surface area (TPSA) is 68.3 Å². The maximum absolute atomic E-state index is 8.48. The van der Waals surface area contributed by atoms with E-state index >= 15 is 0 Å². The largest absolute Gasteiger partial charge is 0.497 e. The quantitative estimate of drug-likeness (QED) is 0.751. The molecule has 1 aromatic carbocycles. The SMILES string of the molecule is COc1ccc(CC(C)N)c(OCCCC#N)c1. The van der Waals surface area contributed by atoms with E-state index in [0.717, 1.165) is 29.9 Å². The van der Waals surface area contributed by atoms with E-state index in [9.17, 15) is 0 Å². The predicted octanol–water partition coefficient (Wildman–Crippen LogP) is 2.27. The Kier molecular flexibility index (Phi) is 6.03. The van der Waals surface area contributed by atoms with E-state index < -0.39 is 0 Å². The molecule has 0 saturated carbocycles. The molecule has 0 saturated heterocycles. The molecule has 98 valence electrons. The molecular weight excluding hydrogens is 228 g/mol. The Hall–Kier alpha value is -1.73. The monoisotopic (exact) mass is 248 g/mol. The van der Waals surface area contributed by atoms with Crippen molar-refractivity contribution in [3.8, 4) is 17.6 Å². The molecule has 1 unspecified atom stereocenters. The van der Waals surface area contributed by atoms with Gasteiger partial charge in [0.15, 0.2) is 0 Å². The molecule has 4 nitrogen and oxygen atoms in total. The third kappa shape index (κ3) is 4.64. The van der Waals surface area contributed by atoms with Gasteiger partial charge in [-0.3, -0.25) is 0 Å². The summed E-state index contributed by atoms with van der Waals surface area (Å²) in [5, 5.41) is 8.48. The van der Waals surface area contributed by atoms with Gasteiger partial charge in [-0.2, -0.15) is 5.26 Å². The minimum atomic E-state index is 0.0832. The summed E-state index contributed by atoms with van der Waals surface area (Å²) in [7, 11) is 1.63. The normalized spacial score (nSPS) is 11.7. The van der Waals surface area contributed by atoms with Gasteiger partial charge in [0.05, 0.1) is 19.8 Å². The Morgan fingerprint density at radius 2 is 2.22 bits per heavy atom. The number of benzene rings is 1. The molecule has 0 aliphatic rings. The molecule has 0 aromatic heterocycles. The van der Waals surface area contributed by atoms with Crippen molar-refractivity contribution in [3.63, 3.8) is 0 Å². The number of hydrogen-bond donors (Lipinski definition) is 1. The van der Waals surface area contributed by atoms with Gasteiger partial charge in [0.2, 0.25) is 0 Å². The van der Waals surface area contributed by atoms with Gasteiger partial charge >= 0.3 is 0 Å². The van der Waals surface area contributed by atoms with Crippen LogP contribution >= 0.6 is 0 Å². The van der Waals surface area contributed by atoms with Crippen molar-refractivity contribution in [2.75, 3.05) is 13.7 Å². The van der Waals surface area contributed by atoms with Crippen molar-refractivity contribution in [2.24, 2.45) is 5.73 Å². The summed E-state index contributed by atoms with van der Waals surface area (Å²) in [4.78, 5) is 0. The van der Waals surface area contributed by atoms with Crippen LogP contribution < -0.4 is 15.2 Å². The smallest absolute Gasteiger partial charge is 0.126 e. The first kappa shape index (κ1) is 14.3. The summed E-state index contributed by atoms with van der Waals surface area (Å²) in [6.07, 6.45) is 2.00. The van der Waals surface area contributed by atoms with Gasteiger partial charge in [0.25, 0.3) is 0 Å². The van der Waals surface area contributed by atoms with Crippen LogP contribution in [0.15, 0.2) is 18.2 Å². The number of rotatable bonds is 7. The molecule has 1 rings (SSSR count). The first-order valence-corrected chi connectivity index (χ1v) is 6.09. The fourth-order valence-corrected chi connectivity index (χ4v) is 1.65. The van der Waals surface area contributed by atoms with Crippen LogP contribution in [-0.2, 0) is 6.42 Å². The standard InChI is InChI=1S/C14H20N2O2/c1-11(16)9-12-5-6-13(17-2)10-14(12)18-8-4-3-7-15/h5-6,10-11H,3-4,8-9,16H2,1-2H3. The van der Waals surface area contributed by atoms with Gasteiger partial charge in [0, 0.05) is 18.5 Å². The molecule has 4 heteroatoms. The van der Waals surface area contributed by atoms with Crippen molar-refractivity contribution < 1.29 is 9.47 Å². The number of nitriles is 1. The van der Waals surface area contributed by atoms with Gasteiger partial charge in [-0.05, 0) is 31.4 Å². The third-order valence-electron chi connectivity index (χ3n) is 2.51. The van der Waals surface area contributed by atoms with E-state index in [4.69, 9.17) is 20.5 Å². The van der Waals surface area contributed by atoms with E-state index in [1.54, 1.807) is 7.11 Å². The van der Waals surface area contributed by atoms with Gasteiger partial charge in [-0.25, -0.2) is 0 Å². The second-order valence-electron chi connectivity index (χ2n) is 4.27. The molecule has 0 heterocycles. The van der Waals surface area contributed by atoms with Crippen LogP contribution in [0.2, 0.25) is 0 Å². The van der Waals surface area contributed by atoms with Crippen LogP contribution in [0.25, 0.3) is 0 Å². The molecule has 0 amide bonds. The molecule has 0 radical (unpaired) electrons. The number of methoxy groups -OCH3 is 1. The lowest BCUT2D eigenvalue weighted by Gasteiger charge is -2.14. The Morgan fingerprint density at radius 3 is 2.83 bits per heavy atom. The minimum Gasteiger partial charge on any atom is -0.497 e. The zero-order valence-corrected chi connectivity index (χ0v) is 11.0. The molecule has 1 atom stereocenters. The lowest BCUT2D eigenvalue weighted by molar-refractivity contribution is 0.306. The van der Waals surface area contributed by atoms with Crippen molar-refractivity contribution in [1.82, 2.24) is 0 Å². The van der Waals surface area contributed by atoms with Crippen molar-refractivity contribution >= 4 is 0 Å². The third-order valence-corrected chi connectivity index (χ3v) is 2.51. The maximum atomic E-state index is 8.48. The Bertz CT molecular complexity index is 411. The summed E-state index contributed by atoms with van der Waals surface area (Å²) in [6, 6.07) is 7.92. The molecule has 2 N–H and O–H groups in total. The molecular formula is C14H20N2O2. The lowest BCUT2D eigenvalue weighted by Crippen LogP contribution is -2.18. The predicted molar refractivity (Wildman–Crippen MR) is 70.7 cm³/mol. The fraction of sp³-hybridized carbons (Fsp3) is 0.500. The summed E-state index contributed by atoms with van der Waals surface area (Å²) >= 11 is 0. The second-order valence-corrected chi connectivity index (χ2v) is 4.27. The average Bonchev–Trinajstić information content (AvgIpc) is 2.35.